The summed E-state index contributed by atoms with van der Waals surface area (Å²) < 4.78 is 19.0. The summed E-state index contributed by atoms with van der Waals surface area (Å²) in [6.45, 7) is 7.90. The highest BCUT2D eigenvalue weighted by Crippen LogP contribution is 2.22. The van der Waals surface area contributed by atoms with Crippen LogP contribution < -0.4 is 4.74 Å². The minimum Gasteiger partial charge on any atom is -0.476 e. The SMILES string of the molecule is CC(C)(C)c1ccc(OCC2CCN(C(=O)c3cncc(F)c3)C2)nn1. The number of halogens is 1. The molecule has 26 heavy (non-hydrogen) atoms. The van der Waals surface area contributed by atoms with E-state index in [1.165, 1.54) is 12.3 Å². The molecule has 2 aromatic rings. The summed E-state index contributed by atoms with van der Waals surface area (Å²) >= 11 is 0. The highest BCUT2D eigenvalue weighted by molar-refractivity contribution is 5.94. The van der Waals surface area contributed by atoms with Crippen molar-refractivity contribution in [3.05, 3.63) is 47.7 Å². The normalized spacial score (nSPS) is 17.4. The molecule has 2 aromatic heterocycles. The fourth-order valence-corrected chi connectivity index (χ4v) is 2.86. The van der Waals surface area contributed by atoms with Crippen LogP contribution in [0.2, 0.25) is 0 Å². The zero-order chi connectivity index (χ0) is 18.7. The third-order valence-corrected chi connectivity index (χ3v) is 4.40. The first-order chi connectivity index (χ1) is 12.3. The van der Waals surface area contributed by atoms with E-state index in [4.69, 9.17) is 4.74 Å². The van der Waals surface area contributed by atoms with E-state index in [0.717, 1.165) is 18.3 Å². The van der Waals surface area contributed by atoms with Gasteiger partial charge in [0.15, 0.2) is 0 Å². The summed E-state index contributed by atoms with van der Waals surface area (Å²) in [5, 5.41) is 8.32. The van der Waals surface area contributed by atoms with Gasteiger partial charge < -0.3 is 9.64 Å². The standard InChI is InChI=1S/C19H23FN4O2/c1-19(2,3)16-4-5-17(23-22-16)26-12-13-6-7-24(11-13)18(25)14-8-15(20)10-21-9-14/h4-5,8-10,13H,6-7,11-12H2,1-3H3. The molecular weight excluding hydrogens is 335 g/mol. The largest absolute Gasteiger partial charge is 0.476 e. The molecule has 3 heterocycles. The van der Waals surface area contributed by atoms with Crippen molar-refractivity contribution in [3.8, 4) is 5.88 Å². The molecule has 0 spiro atoms. The third-order valence-electron chi connectivity index (χ3n) is 4.40. The lowest BCUT2D eigenvalue weighted by Crippen LogP contribution is -2.29. The molecule has 0 bridgehead atoms. The molecule has 1 amide bonds. The molecule has 7 heteroatoms. The lowest BCUT2D eigenvalue weighted by molar-refractivity contribution is 0.0782. The van der Waals surface area contributed by atoms with Gasteiger partial charge in [0.1, 0.15) is 5.82 Å². The highest BCUT2D eigenvalue weighted by atomic mass is 19.1. The number of rotatable bonds is 4. The maximum atomic E-state index is 13.2. The van der Waals surface area contributed by atoms with Gasteiger partial charge in [-0.15, -0.1) is 5.10 Å². The molecule has 1 atom stereocenters. The average Bonchev–Trinajstić information content (AvgIpc) is 3.08. The van der Waals surface area contributed by atoms with Crippen LogP contribution in [-0.2, 0) is 5.41 Å². The first-order valence-corrected chi connectivity index (χ1v) is 8.70. The molecular formula is C19H23FN4O2. The number of hydrogen-bond donors (Lipinski definition) is 0. The van der Waals surface area contributed by atoms with Crippen molar-refractivity contribution in [2.24, 2.45) is 5.92 Å². The van der Waals surface area contributed by atoms with E-state index in [-0.39, 0.29) is 22.8 Å². The van der Waals surface area contributed by atoms with Crippen molar-refractivity contribution < 1.29 is 13.9 Å². The number of pyridine rings is 1. The Morgan fingerprint density at radius 2 is 2.12 bits per heavy atom. The van der Waals surface area contributed by atoms with Crippen molar-refractivity contribution in [2.45, 2.75) is 32.6 Å². The van der Waals surface area contributed by atoms with E-state index in [1.54, 1.807) is 4.90 Å². The van der Waals surface area contributed by atoms with Crippen molar-refractivity contribution in [1.82, 2.24) is 20.1 Å². The molecule has 138 valence electrons. The molecule has 1 aliphatic heterocycles. The minimum absolute atomic E-state index is 0.0520. The predicted octanol–water partition coefficient (Wildman–Crippen LogP) is 2.85. The molecule has 0 N–H and O–H groups in total. The molecule has 1 fully saturated rings. The summed E-state index contributed by atoms with van der Waals surface area (Å²) in [6, 6.07) is 4.96. The fraction of sp³-hybridized carbons (Fsp3) is 0.474. The van der Waals surface area contributed by atoms with Gasteiger partial charge in [-0.2, -0.15) is 5.10 Å². The Morgan fingerprint density at radius 3 is 2.77 bits per heavy atom. The van der Waals surface area contributed by atoms with Crippen LogP contribution in [0.5, 0.6) is 5.88 Å². The van der Waals surface area contributed by atoms with Crippen LogP contribution in [0.15, 0.2) is 30.6 Å². The van der Waals surface area contributed by atoms with Crippen LogP contribution >= 0.6 is 0 Å². The highest BCUT2D eigenvalue weighted by Gasteiger charge is 2.28. The maximum absolute atomic E-state index is 13.2. The number of amides is 1. The number of aromatic nitrogens is 3. The molecule has 0 radical (unpaired) electrons. The Bertz CT molecular complexity index is 774. The summed E-state index contributed by atoms with van der Waals surface area (Å²) in [7, 11) is 0. The Hall–Kier alpha value is -2.57. The summed E-state index contributed by atoms with van der Waals surface area (Å²) in [6.07, 6.45) is 3.31. The van der Waals surface area contributed by atoms with E-state index in [0.29, 0.717) is 25.6 Å². The molecule has 1 aliphatic rings. The van der Waals surface area contributed by atoms with Crippen LogP contribution in [0, 0.1) is 11.7 Å². The molecule has 1 unspecified atom stereocenters. The van der Waals surface area contributed by atoms with Crippen LogP contribution in [0.25, 0.3) is 0 Å². The van der Waals surface area contributed by atoms with Gasteiger partial charge in [0.2, 0.25) is 5.88 Å². The first kappa shape index (κ1) is 18.2. The molecule has 3 rings (SSSR count). The third kappa shape index (κ3) is 4.33. The van der Waals surface area contributed by atoms with Crippen molar-refractivity contribution in [3.63, 3.8) is 0 Å². The van der Waals surface area contributed by atoms with E-state index in [2.05, 4.69) is 36.0 Å². The van der Waals surface area contributed by atoms with Crippen LogP contribution in [0.4, 0.5) is 4.39 Å². The first-order valence-electron chi connectivity index (χ1n) is 8.70. The molecule has 0 aromatic carbocycles. The van der Waals surface area contributed by atoms with Crippen LogP contribution in [0.3, 0.4) is 0 Å². The zero-order valence-corrected chi connectivity index (χ0v) is 15.3. The van der Waals surface area contributed by atoms with Gasteiger partial charge in [0, 0.05) is 36.7 Å². The van der Waals surface area contributed by atoms with Crippen molar-refractivity contribution in [1.29, 1.82) is 0 Å². The number of carbonyl (C=O) groups excluding carboxylic acids is 1. The molecule has 0 saturated carbocycles. The molecule has 6 nitrogen and oxygen atoms in total. The number of ether oxygens (including phenoxy) is 1. The minimum atomic E-state index is -0.507. The number of likely N-dealkylation sites (tertiary alicyclic amines) is 1. The number of carbonyl (C=O) groups is 1. The van der Waals surface area contributed by atoms with Crippen molar-refractivity contribution in [2.75, 3.05) is 19.7 Å². The molecule has 0 aliphatic carbocycles. The summed E-state index contributed by atoms with van der Waals surface area (Å²) in [5.41, 5.74) is 1.13. The van der Waals surface area contributed by atoms with Gasteiger partial charge in [-0.05, 0) is 18.6 Å². The Kier molecular flexibility index (Phi) is 5.15. The molecule has 1 saturated heterocycles. The topological polar surface area (TPSA) is 68.2 Å². The lowest BCUT2D eigenvalue weighted by Gasteiger charge is -2.18. The van der Waals surface area contributed by atoms with E-state index >= 15 is 0 Å². The van der Waals surface area contributed by atoms with Gasteiger partial charge in [-0.1, -0.05) is 20.8 Å². The number of hydrogen-bond acceptors (Lipinski definition) is 5. The van der Waals surface area contributed by atoms with Gasteiger partial charge in [0.05, 0.1) is 24.1 Å². The van der Waals surface area contributed by atoms with Crippen LogP contribution in [-0.4, -0.2) is 45.7 Å². The smallest absolute Gasteiger partial charge is 0.255 e. The Balaban J connectivity index is 1.52. The van der Waals surface area contributed by atoms with Gasteiger partial charge >= 0.3 is 0 Å². The number of nitrogens with zero attached hydrogens (tertiary/aromatic N) is 4. The predicted molar refractivity (Wildman–Crippen MR) is 94.4 cm³/mol. The van der Waals surface area contributed by atoms with Crippen LogP contribution in [0.1, 0.15) is 43.2 Å². The Labute approximate surface area is 152 Å². The second-order valence-electron chi connectivity index (χ2n) is 7.62. The van der Waals surface area contributed by atoms with Gasteiger partial charge in [-0.3, -0.25) is 9.78 Å². The maximum Gasteiger partial charge on any atom is 0.255 e. The van der Waals surface area contributed by atoms with E-state index in [1.807, 2.05) is 12.1 Å². The Morgan fingerprint density at radius 1 is 1.31 bits per heavy atom. The van der Waals surface area contributed by atoms with E-state index < -0.39 is 5.82 Å². The quantitative estimate of drug-likeness (QED) is 0.841. The van der Waals surface area contributed by atoms with Gasteiger partial charge in [0.25, 0.3) is 5.91 Å². The monoisotopic (exact) mass is 358 g/mol. The summed E-state index contributed by atoms with van der Waals surface area (Å²) in [5.74, 6) is -0.0114. The lowest BCUT2D eigenvalue weighted by atomic mass is 9.92. The van der Waals surface area contributed by atoms with Crippen molar-refractivity contribution >= 4 is 5.91 Å². The zero-order valence-electron chi connectivity index (χ0n) is 15.3. The fourth-order valence-electron chi connectivity index (χ4n) is 2.86. The second kappa shape index (κ2) is 7.35. The van der Waals surface area contributed by atoms with Gasteiger partial charge in [-0.25, -0.2) is 4.39 Å². The summed E-state index contributed by atoms with van der Waals surface area (Å²) in [4.78, 5) is 17.8. The van der Waals surface area contributed by atoms with E-state index in [9.17, 15) is 9.18 Å². The second-order valence-corrected chi connectivity index (χ2v) is 7.62. The average molecular weight is 358 g/mol.